The van der Waals surface area contributed by atoms with E-state index < -0.39 is 40.6 Å². The molecular weight excluding hydrogens is 517 g/mol. The lowest BCUT2D eigenvalue weighted by Gasteiger charge is -2.30. The van der Waals surface area contributed by atoms with E-state index in [1.165, 1.54) is 25.3 Å². The van der Waals surface area contributed by atoms with Gasteiger partial charge < -0.3 is 15.2 Å². The smallest absolute Gasteiger partial charge is 0.337 e. The molecule has 1 saturated carbocycles. The van der Waals surface area contributed by atoms with Crippen molar-refractivity contribution in [1.29, 1.82) is 0 Å². The van der Waals surface area contributed by atoms with Crippen molar-refractivity contribution < 1.29 is 27.8 Å². The van der Waals surface area contributed by atoms with Gasteiger partial charge in [-0.25, -0.2) is 27.5 Å². The first-order valence-electron chi connectivity index (χ1n) is 12.1. The molecule has 39 heavy (non-hydrogen) atoms. The SMILES string of the molecule is COc1ccc(C(=O)NC2CCC(n3c(=O)c4cc(F)cnc4n(-c4ccc(F)c(F)c4)c3=O)CC2)c(O)c1. The quantitative estimate of drug-likeness (QED) is 0.400. The number of pyridine rings is 1. The van der Waals surface area contributed by atoms with Crippen molar-refractivity contribution in [3.8, 4) is 17.2 Å². The van der Waals surface area contributed by atoms with Crippen LogP contribution in [-0.4, -0.2) is 38.3 Å². The maximum atomic E-state index is 14.1. The van der Waals surface area contributed by atoms with Crippen LogP contribution in [0.1, 0.15) is 42.1 Å². The molecule has 9 nitrogen and oxygen atoms in total. The number of carbonyl (C=O) groups excluding carboxylic acids is 1. The molecule has 0 unspecified atom stereocenters. The van der Waals surface area contributed by atoms with Crippen LogP contribution in [0.5, 0.6) is 11.5 Å². The highest BCUT2D eigenvalue weighted by Crippen LogP contribution is 2.29. The number of halogens is 3. The minimum absolute atomic E-state index is 0.0722. The van der Waals surface area contributed by atoms with Crippen molar-refractivity contribution >= 4 is 16.9 Å². The first-order chi connectivity index (χ1) is 18.7. The fourth-order valence-corrected chi connectivity index (χ4v) is 4.93. The Morgan fingerprint density at radius 1 is 1.03 bits per heavy atom. The second-order valence-electron chi connectivity index (χ2n) is 9.28. The largest absolute Gasteiger partial charge is 0.507 e. The van der Waals surface area contributed by atoms with Crippen LogP contribution in [0.2, 0.25) is 0 Å². The predicted molar refractivity (Wildman–Crippen MR) is 135 cm³/mol. The average Bonchev–Trinajstić information content (AvgIpc) is 2.92. The van der Waals surface area contributed by atoms with E-state index in [2.05, 4.69) is 10.3 Å². The van der Waals surface area contributed by atoms with Gasteiger partial charge >= 0.3 is 5.69 Å². The number of carbonyl (C=O) groups is 1. The van der Waals surface area contributed by atoms with Gasteiger partial charge in [0.2, 0.25) is 0 Å². The maximum absolute atomic E-state index is 14.1. The Morgan fingerprint density at radius 2 is 1.77 bits per heavy atom. The van der Waals surface area contributed by atoms with Crippen molar-refractivity contribution in [1.82, 2.24) is 19.4 Å². The van der Waals surface area contributed by atoms with Gasteiger partial charge in [-0.15, -0.1) is 0 Å². The zero-order valence-corrected chi connectivity index (χ0v) is 20.7. The Bertz CT molecular complexity index is 1710. The molecular formula is C27H23F3N4O5. The first kappa shape index (κ1) is 26.0. The molecule has 0 bridgehead atoms. The topological polar surface area (TPSA) is 115 Å². The van der Waals surface area contributed by atoms with Gasteiger partial charge in [-0.3, -0.25) is 14.2 Å². The Kier molecular flexibility index (Phi) is 6.85. The lowest BCUT2D eigenvalue weighted by atomic mass is 9.90. The van der Waals surface area contributed by atoms with Crippen molar-refractivity contribution in [2.24, 2.45) is 0 Å². The summed E-state index contributed by atoms with van der Waals surface area (Å²) in [6.07, 6.45) is 2.28. The van der Waals surface area contributed by atoms with Gasteiger partial charge in [-0.1, -0.05) is 0 Å². The Morgan fingerprint density at radius 3 is 2.44 bits per heavy atom. The highest BCUT2D eigenvalue weighted by atomic mass is 19.2. The normalized spacial score (nSPS) is 17.2. The average molecular weight is 540 g/mol. The zero-order valence-electron chi connectivity index (χ0n) is 20.7. The summed E-state index contributed by atoms with van der Waals surface area (Å²) in [6, 6.07) is 7.19. The third kappa shape index (κ3) is 4.85. The fraction of sp³-hybridized carbons (Fsp3) is 0.259. The summed E-state index contributed by atoms with van der Waals surface area (Å²) in [5.41, 5.74) is -1.76. The van der Waals surface area contributed by atoms with Gasteiger partial charge in [-0.05, 0) is 56.0 Å². The fourth-order valence-electron chi connectivity index (χ4n) is 4.93. The number of amides is 1. The van der Waals surface area contributed by atoms with Gasteiger partial charge in [0.25, 0.3) is 11.5 Å². The van der Waals surface area contributed by atoms with Crippen molar-refractivity contribution in [3.05, 3.63) is 92.5 Å². The summed E-state index contributed by atoms with van der Waals surface area (Å²) in [7, 11) is 1.44. The van der Waals surface area contributed by atoms with E-state index in [0.717, 1.165) is 33.5 Å². The summed E-state index contributed by atoms with van der Waals surface area (Å²) in [5.74, 6) is -3.44. The number of methoxy groups -OCH3 is 1. The van der Waals surface area contributed by atoms with Crippen LogP contribution in [0.25, 0.3) is 16.7 Å². The number of hydrogen-bond acceptors (Lipinski definition) is 6. The molecule has 2 aromatic carbocycles. The second kappa shape index (κ2) is 10.3. The zero-order chi connectivity index (χ0) is 27.8. The number of rotatable bonds is 5. The number of ether oxygens (including phenoxy) is 1. The van der Waals surface area contributed by atoms with E-state index in [1.807, 2.05) is 0 Å². The molecule has 0 spiro atoms. The lowest BCUT2D eigenvalue weighted by Crippen LogP contribution is -2.45. The van der Waals surface area contributed by atoms with Crippen LogP contribution >= 0.6 is 0 Å². The Balaban J connectivity index is 1.45. The third-order valence-electron chi connectivity index (χ3n) is 6.90. The van der Waals surface area contributed by atoms with Crippen LogP contribution < -0.4 is 21.3 Å². The molecule has 1 aliphatic rings. The Labute approximate surface area is 219 Å². The van der Waals surface area contributed by atoms with E-state index >= 15 is 0 Å². The standard InChI is InChI=1S/C27H23F3N4O5/c1-39-18-7-8-19(23(35)12-18)25(36)32-15-2-4-16(5-3-15)34-26(37)20-10-14(28)13-31-24(20)33(27(34)38)17-6-9-21(29)22(30)11-17/h6-13,15-16,35H,2-5H2,1H3,(H,32,36). The third-order valence-corrected chi connectivity index (χ3v) is 6.90. The summed E-state index contributed by atoms with van der Waals surface area (Å²) in [5, 5.41) is 12.8. The van der Waals surface area contributed by atoms with Crippen molar-refractivity contribution in [3.63, 3.8) is 0 Å². The summed E-state index contributed by atoms with van der Waals surface area (Å²) in [4.78, 5) is 43.5. The van der Waals surface area contributed by atoms with Gasteiger partial charge in [0, 0.05) is 24.2 Å². The van der Waals surface area contributed by atoms with Crippen LogP contribution in [0.4, 0.5) is 13.2 Å². The summed E-state index contributed by atoms with van der Waals surface area (Å²) >= 11 is 0. The van der Waals surface area contributed by atoms with E-state index in [0.29, 0.717) is 31.4 Å². The number of phenols is 1. The molecule has 0 aliphatic heterocycles. The molecule has 1 fully saturated rings. The molecule has 2 aromatic heterocycles. The van der Waals surface area contributed by atoms with Gasteiger partial charge in [0.1, 0.15) is 17.3 Å². The van der Waals surface area contributed by atoms with E-state index in [1.54, 1.807) is 6.07 Å². The molecule has 2 heterocycles. The molecule has 0 saturated heterocycles. The monoisotopic (exact) mass is 540 g/mol. The number of aromatic nitrogens is 3. The molecule has 2 N–H and O–H groups in total. The van der Waals surface area contributed by atoms with E-state index in [9.17, 15) is 32.7 Å². The number of aromatic hydroxyl groups is 1. The van der Waals surface area contributed by atoms with Crippen molar-refractivity contribution in [2.45, 2.75) is 37.8 Å². The summed E-state index contributed by atoms with van der Waals surface area (Å²) in [6.45, 7) is 0. The number of benzene rings is 2. The minimum atomic E-state index is -1.20. The summed E-state index contributed by atoms with van der Waals surface area (Å²) < 4.78 is 48.6. The number of phenolic OH excluding ortho intramolecular Hbond substituents is 1. The van der Waals surface area contributed by atoms with Gasteiger partial charge in [0.15, 0.2) is 17.3 Å². The van der Waals surface area contributed by atoms with E-state index in [4.69, 9.17) is 4.74 Å². The molecule has 0 radical (unpaired) electrons. The molecule has 5 rings (SSSR count). The molecule has 0 atom stereocenters. The Hall–Kier alpha value is -4.61. The second-order valence-corrected chi connectivity index (χ2v) is 9.28. The van der Waals surface area contributed by atoms with Crippen LogP contribution in [0.15, 0.2) is 58.3 Å². The number of hydrogen-bond donors (Lipinski definition) is 2. The highest BCUT2D eigenvalue weighted by Gasteiger charge is 2.28. The van der Waals surface area contributed by atoms with Crippen LogP contribution in [-0.2, 0) is 0 Å². The number of nitrogens with zero attached hydrogens (tertiary/aromatic N) is 3. The predicted octanol–water partition coefficient (Wildman–Crippen LogP) is 3.59. The molecule has 202 valence electrons. The van der Waals surface area contributed by atoms with Gasteiger partial charge in [-0.2, -0.15) is 0 Å². The van der Waals surface area contributed by atoms with Crippen LogP contribution in [0, 0.1) is 17.5 Å². The molecule has 1 amide bonds. The van der Waals surface area contributed by atoms with Crippen LogP contribution in [0.3, 0.4) is 0 Å². The molecule has 12 heteroatoms. The minimum Gasteiger partial charge on any atom is -0.507 e. The highest BCUT2D eigenvalue weighted by molar-refractivity contribution is 5.97. The lowest BCUT2D eigenvalue weighted by molar-refractivity contribution is 0.0919. The number of fused-ring (bicyclic) bond motifs is 1. The number of nitrogens with one attached hydrogen (secondary N) is 1. The first-order valence-corrected chi connectivity index (χ1v) is 12.1. The van der Waals surface area contributed by atoms with Gasteiger partial charge in [0.05, 0.1) is 29.9 Å². The maximum Gasteiger partial charge on any atom is 0.337 e. The van der Waals surface area contributed by atoms with E-state index in [-0.39, 0.29) is 34.1 Å². The molecule has 1 aliphatic carbocycles. The molecule has 4 aromatic rings. The van der Waals surface area contributed by atoms with Crippen molar-refractivity contribution in [2.75, 3.05) is 7.11 Å².